The third-order valence-corrected chi connectivity index (χ3v) is 4.17. The molecule has 1 aromatic carbocycles. The van der Waals surface area contributed by atoms with Gasteiger partial charge >= 0.3 is 0 Å². The fourth-order valence-corrected chi connectivity index (χ4v) is 2.85. The maximum absolute atomic E-state index is 12.6. The van der Waals surface area contributed by atoms with Crippen molar-refractivity contribution in [2.75, 3.05) is 20.3 Å². The minimum Gasteiger partial charge on any atom is -0.486 e. The Kier molecular flexibility index (Phi) is 4.17. The quantitative estimate of drug-likeness (QED) is 0.864. The molecule has 0 aliphatic carbocycles. The molecule has 3 rings (SSSR count). The third kappa shape index (κ3) is 2.99. The number of halogens is 1. The summed E-state index contributed by atoms with van der Waals surface area (Å²) in [5.41, 5.74) is 2.02. The summed E-state index contributed by atoms with van der Waals surface area (Å²) in [6.45, 7) is 3.32. The molecule has 23 heavy (non-hydrogen) atoms. The Bertz CT molecular complexity index is 757. The largest absolute Gasteiger partial charge is 0.486 e. The number of aromatic nitrogens is 2. The molecule has 122 valence electrons. The van der Waals surface area contributed by atoms with Crippen molar-refractivity contribution in [2.24, 2.45) is 7.05 Å². The predicted molar refractivity (Wildman–Crippen MR) is 86.2 cm³/mol. The van der Waals surface area contributed by atoms with Gasteiger partial charge in [0.05, 0.1) is 11.3 Å². The fraction of sp³-hybridized carbons (Fsp3) is 0.375. The Hall–Kier alpha value is -2.21. The van der Waals surface area contributed by atoms with Gasteiger partial charge in [-0.25, -0.2) is 0 Å². The summed E-state index contributed by atoms with van der Waals surface area (Å²) in [5.74, 6) is 1.29. The van der Waals surface area contributed by atoms with E-state index in [0.29, 0.717) is 41.9 Å². The maximum atomic E-state index is 12.6. The summed E-state index contributed by atoms with van der Waals surface area (Å²) in [4.78, 5) is 14.2. The maximum Gasteiger partial charge on any atom is 0.258 e. The minimum absolute atomic E-state index is 0.157. The van der Waals surface area contributed by atoms with Gasteiger partial charge < -0.3 is 14.4 Å². The number of fused-ring (bicyclic) bond motifs is 1. The van der Waals surface area contributed by atoms with Gasteiger partial charge in [-0.2, -0.15) is 5.10 Å². The van der Waals surface area contributed by atoms with Crippen LogP contribution in [0.3, 0.4) is 0 Å². The Morgan fingerprint density at radius 1 is 1.35 bits per heavy atom. The molecule has 7 heteroatoms. The van der Waals surface area contributed by atoms with Crippen LogP contribution in [0.1, 0.15) is 21.6 Å². The Morgan fingerprint density at radius 2 is 2.04 bits per heavy atom. The van der Waals surface area contributed by atoms with E-state index in [4.69, 9.17) is 21.1 Å². The second kappa shape index (κ2) is 6.12. The molecule has 1 aliphatic heterocycles. The SMILES string of the molecule is Cc1nn(C)c(Cl)c1C(=O)N(C)Cc1ccc2c(c1)OCCO2. The van der Waals surface area contributed by atoms with Gasteiger partial charge in [-0.15, -0.1) is 0 Å². The van der Waals surface area contributed by atoms with Crippen LogP contribution in [-0.4, -0.2) is 40.8 Å². The monoisotopic (exact) mass is 335 g/mol. The highest BCUT2D eigenvalue weighted by atomic mass is 35.5. The van der Waals surface area contributed by atoms with E-state index in [1.54, 1.807) is 25.9 Å². The molecule has 0 bridgehead atoms. The van der Waals surface area contributed by atoms with E-state index in [-0.39, 0.29) is 5.91 Å². The molecule has 0 saturated carbocycles. The molecule has 2 heterocycles. The van der Waals surface area contributed by atoms with E-state index in [1.807, 2.05) is 18.2 Å². The normalized spacial score (nSPS) is 13.0. The van der Waals surface area contributed by atoms with Gasteiger partial charge in [-0.1, -0.05) is 17.7 Å². The van der Waals surface area contributed by atoms with Gasteiger partial charge in [0.25, 0.3) is 5.91 Å². The first kappa shape index (κ1) is 15.7. The van der Waals surface area contributed by atoms with Crippen LogP contribution >= 0.6 is 11.6 Å². The zero-order valence-electron chi connectivity index (χ0n) is 13.3. The number of benzene rings is 1. The van der Waals surface area contributed by atoms with Crippen LogP contribution in [0.25, 0.3) is 0 Å². The molecule has 1 aromatic heterocycles. The van der Waals surface area contributed by atoms with Crippen molar-refractivity contribution < 1.29 is 14.3 Å². The average molecular weight is 336 g/mol. The molecule has 0 atom stereocenters. The molecule has 0 spiro atoms. The lowest BCUT2D eigenvalue weighted by Gasteiger charge is -2.21. The molecule has 0 unspecified atom stereocenters. The number of ether oxygens (including phenoxy) is 2. The van der Waals surface area contributed by atoms with Crippen molar-refractivity contribution in [3.8, 4) is 11.5 Å². The van der Waals surface area contributed by atoms with Crippen molar-refractivity contribution in [3.63, 3.8) is 0 Å². The summed E-state index contributed by atoms with van der Waals surface area (Å²) in [6.07, 6.45) is 0. The highest BCUT2D eigenvalue weighted by molar-refractivity contribution is 6.33. The third-order valence-electron chi connectivity index (χ3n) is 3.74. The Balaban J connectivity index is 1.78. The summed E-state index contributed by atoms with van der Waals surface area (Å²) < 4.78 is 12.6. The lowest BCUT2D eigenvalue weighted by atomic mass is 10.1. The first-order valence-electron chi connectivity index (χ1n) is 7.30. The number of nitrogens with zero attached hydrogens (tertiary/aromatic N) is 3. The van der Waals surface area contributed by atoms with Crippen LogP contribution in [0.2, 0.25) is 5.15 Å². The lowest BCUT2D eigenvalue weighted by molar-refractivity contribution is 0.0784. The van der Waals surface area contributed by atoms with E-state index < -0.39 is 0 Å². The van der Waals surface area contributed by atoms with Crippen LogP contribution in [0.5, 0.6) is 11.5 Å². The number of carbonyl (C=O) groups excluding carboxylic acids is 1. The number of hydrogen-bond donors (Lipinski definition) is 0. The first-order chi connectivity index (χ1) is 11.0. The molecular weight excluding hydrogens is 318 g/mol. The van der Waals surface area contributed by atoms with Crippen LogP contribution in [0.4, 0.5) is 0 Å². The topological polar surface area (TPSA) is 56.6 Å². The van der Waals surface area contributed by atoms with Crippen LogP contribution in [-0.2, 0) is 13.6 Å². The second-order valence-electron chi connectivity index (χ2n) is 5.51. The zero-order valence-corrected chi connectivity index (χ0v) is 14.1. The van der Waals surface area contributed by atoms with Gasteiger partial charge in [0.2, 0.25) is 0 Å². The molecule has 0 saturated heterocycles. The van der Waals surface area contributed by atoms with E-state index in [2.05, 4.69) is 5.10 Å². The van der Waals surface area contributed by atoms with Gasteiger partial charge in [0.15, 0.2) is 11.5 Å². The van der Waals surface area contributed by atoms with Crippen LogP contribution in [0.15, 0.2) is 18.2 Å². The van der Waals surface area contributed by atoms with Crippen LogP contribution in [0, 0.1) is 6.92 Å². The second-order valence-corrected chi connectivity index (χ2v) is 5.87. The van der Waals surface area contributed by atoms with E-state index >= 15 is 0 Å². The molecule has 2 aromatic rings. The smallest absolute Gasteiger partial charge is 0.258 e. The van der Waals surface area contributed by atoms with Crippen LogP contribution < -0.4 is 9.47 Å². The van der Waals surface area contributed by atoms with Gasteiger partial charge in [0.1, 0.15) is 18.4 Å². The first-order valence-corrected chi connectivity index (χ1v) is 7.68. The van der Waals surface area contributed by atoms with Crippen molar-refractivity contribution in [1.29, 1.82) is 0 Å². The number of amides is 1. The van der Waals surface area contributed by atoms with Gasteiger partial charge in [0, 0.05) is 20.6 Å². The summed E-state index contributed by atoms with van der Waals surface area (Å²) in [5, 5.41) is 4.53. The number of hydrogen-bond acceptors (Lipinski definition) is 4. The number of carbonyl (C=O) groups is 1. The van der Waals surface area contributed by atoms with E-state index in [9.17, 15) is 4.79 Å². The lowest BCUT2D eigenvalue weighted by Crippen LogP contribution is -2.27. The summed E-state index contributed by atoms with van der Waals surface area (Å²) in [6, 6.07) is 5.69. The minimum atomic E-state index is -0.157. The van der Waals surface area contributed by atoms with Crippen molar-refractivity contribution in [2.45, 2.75) is 13.5 Å². The molecule has 0 fully saturated rings. The highest BCUT2D eigenvalue weighted by Crippen LogP contribution is 2.31. The fourth-order valence-electron chi connectivity index (χ4n) is 2.60. The molecular formula is C16H18ClN3O3. The van der Waals surface area contributed by atoms with Gasteiger partial charge in [-0.3, -0.25) is 9.48 Å². The molecule has 6 nitrogen and oxygen atoms in total. The number of rotatable bonds is 3. The molecule has 1 aliphatic rings. The standard InChI is InChI=1S/C16H18ClN3O3/c1-10-14(15(17)20(3)18-10)16(21)19(2)9-11-4-5-12-13(8-11)23-7-6-22-12/h4-5,8H,6-7,9H2,1-3H3. The number of aryl methyl sites for hydroxylation is 2. The van der Waals surface area contributed by atoms with E-state index in [0.717, 1.165) is 11.3 Å². The highest BCUT2D eigenvalue weighted by Gasteiger charge is 2.22. The predicted octanol–water partition coefficient (Wildman–Crippen LogP) is 2.43. The van der Waals surface area contributed by atoms with Crippen molar-refractivity contribution in [3.05, 3.63) is 40.2 Å². The Labute approximate surface area is 139 Å². The molecule has 0 N–H and O–H groups in total. The molecule has 0 radical (unpaired) electrons. The average Bonchev–Trinajstić information content (AvgIpc) is 2.79. The van der Waals surface area contributed by atoms with Crippen molar-refractivity contribution >= 4 is 17.5 Å². The van der Waals surface area contributed by atoms with Gasteiger partial charge in [-0.05, 0) is 24.6 Å². The van der Waals surface area contributed by atoms with E-state index in [1.165, 1.54) is 4.68 Å². The zero-order chi connectivity index (χ0) is 16.6. The Morgan fingerprint density at radius 3 is 2.70 bits per heavy atom. The molecule has 1 amide bonds. The summed E-state index contributed by atoms with van der Waals surface area (Å²) >= 11 is 6.17. The summed E-state index contributed by atoms with van der Waals surface area (Å²) in [7, 11) is 3.45. The van der Waals surface area contributed by atoms with Crippen molar-refractivity contribution in [1.82, 2.24) is 14.7 Å².